The molecule has 0 atom stereocenters. The molecule has 0 aliphatic rings. The van der Waals surface area contributed by atoms with Crippen LogP contribution in [-0.4, -0.2) is 23.2 Å². The Balaban J connectivity index is 2.07. The molecule has 2 aromatic carbocycles. The van der Waals surface area contributed by atoms with Crippen LogP contribution in [0, 0.1) is 0 Å². The Labute approximate surface area is 116 Å². The third-order valence-electron chi connectivity index (χ3n) is 2.87. The molecule has 0 fully saturated rings. The number of carbonyl (C=O) groups excluding carboxylic acids is 1. The normalized spacial score (nSPS) is 10.1. The molecule has 5 heteroatoms. The summed E-state index contributed by atoms with van der Waals surface area (Å²) in [5.74, 6) is 0.0348. The van der Waals surface area contributed by atoms with Gasteiger partial charge in [-0.25, -0.2) is 0 Å². The predicted molar refractivity (Wildman–Crippen MR) is 73.9 cm³/mol. The Morgan fingerprint density at radius 3 is 2.60 bits per heavy atom. The van der Waals surface area contributed by atoms with Crippen molar-refractivity contribution in [2.24, 2.45) is 0 Å². The second-order valence-corrected chi connectivity index (χ2v) is 4.20. The first kappa shape index (κ1) is 13.7. The molecule has 0 bridgehead atoms. The number of ether oxygens (including phenoxy) is 1. The van der Waals surface area contributed by atoms with Crippen LogP contribution in [0.25, 0.3) is 0 Å². The zero-order chi connectivity index (χ0) is 14.5. The zero-order valence-electron chi connectivity index (χ0n) is 11.0. The van der Waals surface area contributed by atoms with Crippen molar-refractivity contribution in [3.8, 4) is 17.2 Å². The Kier molecular flexibility index (Phi) is 4.10. The predicted octanol–water partition coefficient (Wildman–Crippen LogP) is 2.04. The Morgan fingerprint density at radius 1 is 1.15 bits per heavy atom. The molecule has 0 saturated heterocycles. The van der Waals surface area contributed by atoms with Gasteiger partial charge in [0, 0.05) is 17.7 Å². The lowest BCUT2D eigenvalue weighted by Gasteiger charge is -2.09. The average molecular weight is 273 g/mol. The van der Waals surface area contributed by atoms with Gasteiger partial charge < -0.3 is 20.3 Å². The lowest BCUT2D eigenvalue weighted by atomic mass is 10.1. The molecule has 0 aromatic heterocycles. The number of phenolic OH excluding ortho intramolecular Hbond substituents is 2. The summed E-state index contributed by atoms with van der Waals surface area (Å²) in [5.41, 5.74) is 1.00. The van der Waals surface area contributed by atoms with Crippen molar-refractivity contribution in [2.75, 3.05) is 7.11 Å². The van der Waals surface area contributed by atoms with Gasteiger partial charge in [-0.2, -0.15) is 0 Å². The van der Waals surface area contributed by atoms with Gasteiger partial charge in [-0.3, -0.25) is 4.79 Å². The van der Waals surface area contributed by atoms with Crippen molar-refractivity contribution < 1.29 is 19.7 Å². The number of methoxy groups -OCH3 is 1. The molecule has 0 spiro atoms. The minimum Gasteiger partial charge on any atom is -0.508 e. The van der Waals surface area contributed by atoms with Gasteiger partial charge in [0.1, 0.15) is 5.75 Å². The Hall–Kier alpha value is -2.69. The Morgan fingerprint density at radius 2 is 1.90 bits per heavy atom. The summed E-state index contributed by atoms with van der Waals surface area (Å²) in [6.45, 7) is 0.217. The highest BCUT2D eigenvalue weighted by molar-refractivity contribution is 5.94. The minimum atomic E-state index is -0.313. The first-order chi connectivity index (χ1) is 9.61. The standard InChI is InChI=1S/C15H15NO4/c1-20-14-8-10(6-7-13(14)18)15(19)16-9-11-4-2-3-5-12(11)17/h2-8,17-18H,9H2,1H3,(H,16,19). The van der Waals surface area contributed by atoms with E-state index in [-0.39, 0.29) is 29.7 Å². The highest BCUT2D eigenvalue weighted by Crippen LogP contribution is 2.26. The van der Waals surface area contributed by atoms with Crippen molar-refractivity contribution in [2.45, 2.75) is 6.54 Å². The number of nitrogens with one attached hydrogen (secondary N) is 1. The topological polar surface area (TPSA) is 78.8 Å². The van der Waals surface area contributed by atoms with Gasteiger partial charge in [0.25, 0.3) is 5.91 Å². The Bertz CT molecular complexity index is 625. The lowest BCUT2D eigenvalue weighted by Crippen LogP contribution is -2.22. The summed E-state index contributed by atoms with van der Waals surface area (Å²) in [4.78, 5) is 12.0. The highest BCUT2D eigenvalue weighted by atomic mass is 16.5. The first-order valence-electron chi connectivity index (χ1n) is 6.04. The maximum Gasteiger partial charge on any atom is 0.251 e. The molecule has 3 N–H and O–H groups in total. The number of rotatable bonds is 4. The maximum absolute atomic E-state index is 12.0. The van der Waals surface area contributed by atoms with E-state index in [9.17, 15) is 15.0 Å². The van der Waals surface area contributed by atoms with Crippen LogP contribution in [0.5, 0.6) is 17.2 Å². The SMILES string of the molecule is COc1cc(C(=O)NCc2ccccc2O)ccc1O. The van der Waals surface area contributed by atoms with E-state index in [2.05, 4.69) is 5.32 Å². The van der Waals surface area contributed by atoms with Gasteiger partial charge >= 0.3 is 0 Å². The van der Waals surface area contributed by atoms with E-state index in [0.29, 0.717) is 11.1 Å². The number of para-hydroxylation sites is 1. The van der Waals surface area contributed by atoms with E-state index < -0.39 is 0 Å². The van der Waals surface area contributed by atoms with Crippen LogP contribution in [0.15, 0.2) is 42.5 Å². The number of phenols is 2. The molecule has 0 saturated carbocycles. The van der Waals surface area contributed by atoms with E-state index in [1.165, 1.54) is 25.3 Å². The third-order valence-corrected chi connectivity index (χ3v) is 2.87. The van der Waals surface area contributed by atoms with Crippen molar-refractivity contribution in [1.29, 1.82) is 0 Å². The molecule has 0 aliphatic heterocycles. The fraction of sp³-hybridized carbons (Fsp3) is 0.133. The third kappa shape index (κ3) is 3.00. The number of amides is 1. The van der Waals surface area contributed by atoms with Gasteiger partial charge in [0.15, 0.2) is 11.5 Å². The van der Waals surface area contributed by atoms with Gasteiger partial charge in [-0.15, -0.1) is 0 Å². The summed E-state index contributed by atoms with van der Waals surface area (Å²) in [6, 6.07) is 11.1. The molecule has 1 amide bonds. The second kappa shape index (κ2) is 5.97. The summed E-state index contributed by atoms with van der Waals surface area (Å²) < 4.78 is 4.95. The number of carbonyl (C=O) groups is 1. The molecule has 0 aliphatic carbocycles. The molecule has 0 unspecified atom stereocenters. The van der Waals surface area contributed by atoms with Crippen molar-refractivity contribution >= 4 is 5.91 Å². The van der Waals surface area contributed by atoms with Crippen LogP contribution in [0.2, 0.25) is 0 Å². The van der Waals surface area contributed by atoms with Crippen LogP contribution in [0.1, 0.15) is 15.9 Å². The van der Waals surface area contributed by atoms with E-state index in [1.807, 2.05) is 0 Å². The molecular formula is C15H15NO4. The molecule has 5 nitrogen and oxygen atoms in total. The maximum atomic E-state index is 12.0. The smallest absolute Gasteiger partial charge is 0.251 e. The monoisotopic (exact) mass is 273 g/mol. The highest BCUT2D eigenvalue weighted by Gasteiger charge is 2.10. The number of hydrogen-bond acceptors (Lipinski definition) is 4. The number of benzene rings is 2. The fourth-order valence-corrected chi connectivity index (χ4v) is 1.76. The average Bonchev–Trinajstić information content (AvgIpc) is 2.46. The largest absolute Gasteiger partial charge is 0.508 e. The summed E-state index contributed by atoms with van der Waals surface area (Å²) in [7, 11) is 1.42. The summed E-state index contributed by atoms with van der Waals surface area (Å²) >= 11 is 0. The molecular weight excluding hydrogens is 258 g/mol. The number of aromatic hydroxyl groups is 2. The molecule has 104 valence electrons. The van der Waals surface area contributed by atoms with Gasteiger partial charge in [-0.05, 0) is 24.3 Å². The van der Waals surface area contributed by atoms with Gasteiger partial charge in [0.05, 0.1) is 7.11 Å². The second-order valence-electron chi connectivity index (χ2n) is 4.20. The van der Waals surface area contributed by atoms with Gasteiger partial charge in [-0.1, -0.05) is 18.2 Å². The first-order valence-corrected chi connectivity index (χ1v) is 6.04. The number of hydrogen-bond donors (Lipinski definition) is 3. The van der Waals surface area contributed by atoms with Crippen molar-refractivity contribution in [3.63, 3.8) is 0 Å². The van der Waals surface area contributed by atoms with Crippen molar-refractivity contribution in [1.82, 2.24) is 5.32 Å². The molecule has 20 heavy (non-hydrogen) atoms. The van der Waals surface area contributed by atoms with Gasteiger partial charge in [0.2, 0.25) is 0 Å². The zero-order valence-corrected chi connectivity index (χ0v) is 11.0. The molecule has 0 heterocycles. The summed E-state index contributed by atoms with van der Waals surface area (Å²) in [5, 5.41) is 21.8. The van der Waals surface area contributed by atoms with Crippen molar-refractivity contribution in [3.05, 3.63) is 53.6 Å². The van der Waals surface area contributed by atoms with E-state index in [1.54, 1.807) is 24.3 Å². The fourth-order valence-electron chi connectivity index (χ4n) is 1.76. The molecule has 0 radical (unpaired) electrons. The van der Waals surface area contributed by atoms with Crippen LogP contribution in [0.3, 0.4) is 0 Å². The van der Waals surface area contributed by atoms with E-state index in [0.717, 1.165) is 0 Å². The van der Waals surface area contributed by atoms with Crippen LogP contribution < -0.4 is 10.1 Å². The van der Waals surface area contributed by atoms with Crippen LogP contribution in [-0.2, 0) is 6.54 Å². The van der Waals surface area contributed by atoms with Crippen LogP contribution in [0.4, 0.5) is 0 Å². The molecule has 2 aromatic rings. The van der Waals surface area contributed by atoms with E-state index in [4.69, 9.17) is 4.74 Å². The summed E-state index contributed by atoms with van der Waals surface area (Å²) in [6.07, 6.45) is 0. The minimum absolute atomic E-state index is 0.0234. The van der Waals surface area contributed by atoms with Crippen LogP contribution >= 0.6 is 0 Å². The quantitative estimate of drug-likeness (QED) is 0.796. The van der Waals surface area contributed by atoms with E-state index >= 15 is 0 Å². The molecule has 2 rings (SSSR count). The lowest BCUT2D eigenvalue weighted by molar-refractivity contribution is 0.0950.